The van der Waals surface area contributed by atoms with Gasteiger partial charge in [-0.1, -0.05) is 6.07 Å². The van der Waals surface area contributed by atoms with Crippen LogP contribution in [0.5, 0.6) is 0 Å². The maximum Gasteiger partial charge on any atom is 0.415 e. The molecule has 1 N–H and O–H groups in total. The molecule has 2 aliphatic heterocycles. The molecule has 2 amide bonds. The molecule has 4 rings (SSSR count). The summed E-state index contributed by atoms with van der Waals surface area (Å²) in [4.78, 5) is 40.1. The van der Waals surface area contributed by atoms with Crippen molar-refractivity contribution < 1.29 is 14.3 Å². The number of fused-ring (bicyclic) bond motifs is 1. The highest BCUT2D eigenvalue weighted by Gasteiger charge is 2.35. The molecule has 172 valence electrons. The summed E-state index contributed by atoms with van der Waals surface area (Å²) in [5, 5.41) is 3.15. The summed E-state index contributed by atoms with van der Waals surface area (Å²) in [5.74, 6) is 1.63. The molecule has 2 aromatic rings. The molecule has 0 aliphatic carbocycles. The van der Waals surface area contributed by atoms with Crippen LogP contribution in [-0.2, 0) is 17.8 Å². The van der Waals surface area contributed by atoms with E-state index < -0.39 is 6.09 Å². The van der Waals surface area contributed by atoms with E-state index in [1.54, 1.807) is 23.1 Å². The lowest BCUT2D eigenvalue weighted by molar-refractivity contribution is 0.0996. The lowest BCUT2D eigenvalue weighted by atomic mass is 10.1. The first-order chi connectivity index (χ1) is 14.8. The Labute approximate surface area is 195 Å². The zero-order chi connectivity index (χ0) is 22.3. The molecule has 2 aliphatic rings. The van der Waals surface area contributed by atoms with Crippen molar-refractivity contribution in [1.82, 2.24) is 15.3 Å². The minimum atomic E-state index is -0.421. The highest BCUT2D eigenvalue weighted by atomic mass is 32.1. The molecule has 2 aromatic heterocycles. The van der Waals surface area contributed by atoms with Crippen LogP contribution in [0.3, 0.4) is 0 Å². The van der Waals surface area contributed by atoms with Crippen molar-refractivity contribution in [2.75, 3.05) is 35.4 Å². The SMILES string of the molecule is CNCc1nc(N(C)C(C)C)cc2c1CN(c1cccc(N3C(=O)OC[C@@H]3C)n1)C2=O.S. The summed E-state index contributed by atoms with van der Waals surface area (Å²) < 4.78 is 5.11. The van der Waals surface area contributed by atoms with E-state index in [1.807, 2.05) is 27.1 Å². The van der Waals surface area contributed by atoms with E-state index in [9.17, 15) is 9.59 Å². The number of cyclic esters (lactones) is 1. The molecular formula is C22H30N6O3S. The monoisotopic (exact) mass is 458 g/mol. The van der Waals surface area contributed by atoms with Gasteiger partial charge >= 0.3 is 6.09 Å². The summed E-state index contributed by atoms with van der Waals surface area (Å²) in [6.07, 6.45) is -0.421. The van der Waals surface area contributed by atoms with Gasteiger partial charge in [0.05, 0.1) is 23.8 Å². The standard InChI is InChI=1S/C22H28N6O3.H2S/c1-13(2)26(5)20-9-15-16(17(24-20)10-23-4)11-27(21(15)29)18-7-6-8-19(25-18)28-14(3)12-31-22(28)30;/h6-9,13-14,23H,10-12H2,1-5H3;1H2/t14-;/m0./s1. The van der Waals surface area contributed by atoms with Crippen LogP contribution in [0.15, 0.2) is 24.3 Å². The van der Waals surface area contributed by atoms with Gasteiger partial charge in [-0.15, -0.1) is 0 Å². The molecule has 0 saturated carbocycles. The number of hydrogen-bond acceptors (Lipinski definition) is 7. The average Bonchev–Trinajstić information content (AvgIpc) is 3.26. The largest absolute Gasteiger partial charge is 0.447 e. The lowest BCUT2D eigenvalue weighted by Gasteiger charge is -2.24. The molecular weight excluding hydrogens is 428 g/mol. The van der Waals surface area contributed by atoms with Gasteiger partial charge in [0.25, 0.3) is 5.91 Å². The number of amides is 2. The Hall–Kier alpha value is -2.85. The quantitative estimate of drug-likeness (QED) is 0.712. The summed E-state index contributed by atoms with van der Waals surface area (Å²) in [7, 11) is 3.84. The lowest BCUT2D eigenvalue weighted by Crippen LogP contribution is -2.32. The van der Waals surface area contributed by atoms with Crippen molar-refractivity contribution in [1.29, 1.82) is 0 Å². The number of hydrogen-bond donors (Lipinski definition) is 1. The molecule has 0 bridgehead atoms. The minimum Gasteiger partial charge on any atom is -0.447 e. The van der Waals surface area contributed by atoms with E-state index in [2.05, 4.69) is 29.0 Å². The van der Waals surface area contributed by atoms with E-state index in [0.717, 1.165) is 17.1 Å². The second kappa shape index (κ2) is 9.33. The number of anilines is 3. The Kier molecular flexibility index (Phi) is 6.94. The van der Waals surface area contributed by atoms with Crippen molar-refractivity contribution in [2.24, 2.45) is 0 Å². The summed E-state index contributed by atoms with van der Waals surface area (Å²) in [6.45, 7) is 7.35. The van der Waals surface area contributed by atoms with Crippen molar-refractivity contribution in [3.05, 3.63) is 41.1 Å². The van der Waals surface area contributed by atoms with Gasteiger partial charge in [0.2, 0.25) is 0 Å². The van der Waals surface area contributed by atoms with Gasteiger partial charge in [-0.25, -0.2) is 14.8 Å². The van der Waals surface area contributed by atoms with Crippen LogP contribution in [0.2, 0.25) is 0 Å². The number of carbonyl (C=O) groups is 2. The first-order valence-corrected chi connectivity index (χ1v) is 10.5. The van der Waals surface area contributed by atoms with E-state index in [1.165, 1.54) is 4.90 Å². The molecule has 1 atom stereocenters. The molecule has 32 heavy (non-hydrogen) atoms. The van der Waals surface area contributed by atoms with Crippen LogP contribution in [-0.4, -0.2) is 54.8 Å². The van der Waals surface area contributed by atoms with Crippen LogP contribution >= 0.6 is 13.5 Å². The molecule has 1 saturated heterocycles. The number of rotatable bonds is 6. The highest BCUT2D eigenvalue weighted by molar-refractivity contribution is 7.59. The number of nitrogens with one attached hydrogen (secondary N) is 1. The Morgan fingerprint density at radius 2 is 1.97 bits per heavy atom. The fourth-order valence-electron chi connectivity index (χ4n) is 3.83. The van der Waals surface area contributed by atoms with E-state index in [-0.39, 0.29) is 31.5 Å². The van der Waals surface area contributed by atoms with Gasteiger partial charge in [-0.2, -0.15) is 13.5 Å². The average molecular weight is 459 g/mol. The number of ether oxygens (including phenoxy) is 1. The smallest absolute Gasteiger partial charge is 0.415 e. The van der Waals surface area contributed by atoms with Gasteiger partial charge in [0.15, 0.2) is 0 Å². The predicted molar refractivity (Wildman–Crippen MR) is 129 cm³/mol. The topological polar surface area (TPSA) is 90.9 Å². The molecule has 4 heterocycles. The van der Waals surface area contributed by atoms with Crippen molar-refractivity contribution in [2.45, 2.75) is 45.9 Å². The Morgan fingerprint density at radius 1 is 1.25 bits per heavy atom. The summed E-state index contributed by atoms with van der Waals surface area (Å²) in [6, 6.07) is 7.34. The van der Waals surface area contributed by atoms with Crippen molar-refractivity contribution >= 4 is 42.9 Å². The first-order valence-electron chi connectivity index (χ1n) is 10.5. The van der Waals surface area contributed by atoms with E-state index in [4.69, 9.17) is 9.72 Å². The predicted octanol–water partition coefficient (Wildman–Crippen LogP) is 2.66. The molecule has 9 nitrogen and oxygen atoms in total. The maximum absolute atomic E-state index is 13.4. The molecule has 0 radical (unpaired) electrons. The van der Waals surface area contributed by atoms with Gasteiger partial charge in [0, 0.05) is 25.2 Å². The fraction of sp³-hybridized carbons (Fsp3) is 0.455. The zero-order valence-corrected chi connectivity index (χ0v) is 20.0. The Morgan fingerprint density at radius 3 is 2.59 bits per heavy atom. The Bertz CT molecular complexity index is 1030. The number of nitrogens with zero attached hydrogens (tertiary/aromatic N) is 5. The maximum atomic E-state index is 13.4. The van der Waals surface area contributed by atoms with Crippen LogP contribution in [0, 0.1) is 0 Å². The second-order valence-corrected chi connectivity index (χ2v) is 8.23. The zero-order valence-electron chi connectivity index (χ0n) is 19.0. The van der Waals surface area contributed by atoms with Gasteiger partial charge in [0.1, 0.15) is 24.1 Å². The highest BCUT2D eigenvalue weighted by Crippen LogP contribution is 2.33. The minimum absolute atomic E-state index is 0. The van der Waals surface area contributed by atoms with Gasteiger partial charge in [-0.3, -0.25) is 14.6 Å². The third-order valence-corrected chi connectivity index (χ3v) is 5.80. The first kappa shape index (κ1) is 23.8. The third-order valence-electron chi connectivity index (χ3n) is 5.80. The fourth-order valence-corrected chi connectivity index (χ4v) is 3.83. The number of aromatic nitrogens is 2. The second-order valence-electron chi connectivity index (χ2n) is 8.23. The molecule has 10 heteroatoms. The van der Waals surface area contributed by atoms with Crippen LogP contribution in [0.4, 0.5) is 22.2 Å². The van der Waals surface area contributed by atoms with Crippen LogP contribution in [0.25, 0.3) is 0 Å². The van der Waals surface area contributed by atoms with Gasteiger partial charge < -0.3 is 15.0 Å². The van der Waals surface area contributed by atoms with E-state index in [0.29, 0.717) is 36.9 Å². The van der Waals surface area contributed by atoms with Crippen LogP contribution in [0.1, 0.15) is 42.4 Å². The van der Waals surface area contributed by atoms with Crippen molar-refractivity contribution in [3.8, 4) is 0 Å². The normalized spacial score (nSPS) is 17.5. The molecule has 1 fully saturated rings. The Balaban J connectivity index is 0.00000289. The molecule has 0 unspecified atom stereocenters. The molecule has 0 aromatic carbocycles. The third kappa shape index (κ3) is 4.12. The number of carbonyl (C=O) groups excluding carboxylic acids is 2. The van der Waals surface area contributed by atoms with Crippen LogP contribution < -0.4 is 20.0 Å². The van der Waals surface area contributed by atoms with Gasteiger partial charge in [-0.05, 0) is 46.0 Å². The summed E-state index contributed by atoms with van der Waals surface area (Å²) in [5.41, 5.74) is 2.40. The molecule has 0 spiro atoms. The summed E-state index contributed by atoms with van der Waals surface area (Å²) >= 11 is 0. The number of pyridine rings is 2. The van der Waals surface area contributed by atoms with Crippen molar-refractivity contribution in [3.63, 3.8) is 0 Å². The van der Waals surface area contributed by atoms with E-state index >= 15 is 0 Å².